The molecule has 0 N–H and O–H groups in total. The van der Waals surface area contributed by atoms with Crippen molar-refractivity contribution >= 4 is 17.2 Å². The Morgan fingerprint density at radius 2 is 1.78 bits per heavy atom. The first-order valence-corrected chi connectivity index (χ1v) is 6.23. The molecule has 3 rings (SSSR count). The van der Waals surface area contributed by atoms with Crippen molar-refractivity contribution in [3.05, 3.63) is 48.2 Å². The summed E-state index contributed by atoms with van der Waals surface area (Å²) in [4.78, 5) is 9.04. The van der Waals surface area contributed by atoms with E-state index in [2.05, 4.69) is 66.0 Å². The molecular formula is C15H17N3. The first kappa shape index (κ1) is 11.1. The predicted molar refractivity (Wildman–Crippen MR) is 75.4 cm³/mol. The average Bonchev–Trinajstić information content (AvgIpc) is 2.64. The van der Waals surface area contributed by atoms with Crippen molar-refractivity contribution in [1.82, 2.24) is 4.98 Å². The number of rotatable bonds is 1. The first-order valence-electron chi connectivity index (χ1n) is 6.23. The molecule has 3 heteroatoms. The summed E-state index contributed by atoms with van der Waals surface area (Å²) >= 11 is 0. The Morgan fingerprint density at radius 1 is 1.06 bits per heavy atom. The zero-order valence-electron chi connectivity index (χ0n) is 11.0. The van der Waals surface area contributed by atoms with Crippen molar-refractivity contribution in [2.75, 3.05) is 16.8 Å². The van der Waals surface area contributed by atoms with E-state index >= 15 is 0 Å². The molecule has 0 bridgehead atoms. The highest BCUT2D eigenvalue weighted by Crippen LogP contribution is 2.42. The van der Waals surface area contributed by atoms with Gasteiger partial charge in [-0.25, -0.2) is 4.98 Å². The lowest BCUT2D eigenvalue weighted by Gasteiger charge is -2.28. The molecule has 0 radical (unpaired) electrons. The van der Waals surface area contributed by atoms with Crippen molar-refractivity contribution in [3.63, 3.8) is 0 Å². The van der Waals surface area contributed by atoms with Crippen molar-refractivity contribution < 1.29 is 0 Å². The van der Waals surface area contributed by atoms with Gasteiger partial charge in [0, 0.05) is 18.9 Å². The van der Waals surface area contributed by atoms with Crippen LogP contribution in [0, 0.1) is 6.92 Å². The van der Waals surface area contributed by atoms with E-state index in [-0.39, 0.29) is 6.17 Å². The van der Waals surface area contributed by atoms with Gasteiger partial charge in [0.2, 0.25) is 0 Å². The number of fused-ring (bicyclic) bond motifs is 1. The molecule has 0 aliphatic carbocycles. The van der Waals surface area contributed by atoms with Crippen molar-refractivity contribution in [2.45, 2.75) is 20.0 Å². The van der Waals surface area contributed by atoms with Crippen LogP contribution in [0.25, 0.3) is 0 Å². The summed E-state index contributed by atoms with van der Waals surface area (Å²) in [6.45, 7) is 4.35. The minimum absolute atomic E-state index is 0.288. The van der Waals surface area contributed by atoms with E-state index in [9.17, 15) is 0 Å². The molecule has 0 fully saturated rings. The van der Waals surface area contributed by atoms with Gasteiger partial charge >= 0.3 is 0 Å². The van der Waals surface area contributed by atoms with Gasteiger partial charge < -0.3 is 9.80 Å². The van der Waals surface area contributed by atoms with Crippen molar-refractivity contribution in [1.29, 1.82) is 0 Å². The van der Waals surface area contributed by atoms with Crippen molar-refractivity contribution in [2.24, 2.45) is 0 Å². The monoisotopic (exact) mass is 239 g/mol. The molecule has 3 nitrogen and oxygen atoms in total. The number of hydrogen-bond donors (Lipinski definition) is 0. The minimum Gasteiger partial charge on any atom is -0.337 e. The molecule has 1 aliphatic rings. The van der Waals surface area contributed by atoms with Gasteiger partial charge in [-0.1, -0.05) is 18.2 Å². The maximum absolute atomic E-state index is 4.48. The third-order valence-electron chi connectivity index (χ3n) is 3.67. The van der Waals surface area contributed by atoms with E-state index in [0.717, 1.165) is 5.82 Å². The Balaban J connectivity index is 2.16. The summed E-state index contributed by atoms with van der Waals surface area (Å²) in [5.41, 5.74) is 3.72. The van der Waals surface area contributed by atoms with Crippen LogP contribution in [0.15, 0.2) is 42.6 Å². The molecule has 0 saturated carbocycles. The number of para-hydroxylation sites is 1. The summed E-state index contributed by atoms with van der Waals surface area (Å²) < 4.78 is 0. The summed E-state index contributed by atoms with van der Waals surface area (Å²) in [5, 5.41) is 0. The largest absolute Gasteiger partial charge is 0.337 e. The predicted octanol–water partition coefficient (Wildman–Crippen LogP) is 3.32. The van der Waals surface area contributed by atoms with Crippen molar-refractivity contribution in [3.8, 4) is 0 Å². The Labute approximate surface area is 108 Å². The highest BCUT2D eigenvalue weighted by Gasteiger charge is 2.32. The molecular weight excluding hydrogens is 222 g/mol. The van der Waals surface area contributed by atoms with Crippen LogP contribution < -0.4 is 9.80 Å². The molecule has 1 aliphatic heterocycles. The summed E-state index contributed by atoms with van der Waals surface area (Å²) in [5.74, 6) is 1.05. The van der Waals surface area contributed by atoms with Gasteiger partial charge in [-0.15, -0.1) is 0 Å². The van der Waals surface area contributed by atoms with Gasteiger partial charge in [-0.05, 0) is 37.6 Å². The molecule has 2 aromatic rings. The lowest BCUT2D eigenvalue weighted by atomic mass is 10.1. The summed E-state index contributed by atoms with van der Waals surface area (Å²) in [6.07, 6.45) is 2.14. The highest BCUT2D eigenvalue weighted by atomic mass is 15.4. The second-order valence-electron chi connectivity index (χ2n) is 4.75. The highest BCUT2D eigenvalue weighted by molar-refractivity contribution is 5.81. The topological polar surface area (TPSA) is 19.4 Å². The van der Waals surface area contributed by atoms with E-state index in [4.69, 9.17) is 0 Å². The Morgan fingerprint density at radius 3 is 2.56 bits per heavy atom. The number of anilines is 3. The number of nitrogens with zero attached hydrogens (tertiary/aromatic N) is 3. The molecule has 1 aromatic carbocycles. The van der Waals surface area contributed by atoms with Crippen LogP contribution >= 0.6 is 0 Å². The van der Waals surface area contributed by atoms with Gasteiger partial charge in [0.05, 0.1) is 5.69 Å². The fourth-order valence-corrected chi connectivity index (χ4v) is 2.56. The SMILES string of the molecule is Cc1ccccc1N1c2cccnc2N(C)[C@H]1C. The van der Waals surface area contributed by atoms with Crippen LogP contribution in [-0.2, 0) is 0 Å². The zero-order valence-corrected chi connectivity index (χ0v) is 11.0. The molecule has 18 heavy (non-hydrogen) atoms. The van der Waals surface area contributed by atoms with Crippen LogP contribution in [0.2, 0.25) is 0 Å². The van der Waals surface area contributed by atoms with E-state index in [1.807, 2.05) is 12.3 Å². The molecule has 0 saturated heterocycles. The summed E-state index contributed by atoms with van der Waals surface area (Å²) in [7, 11) is 2.09. The Hall–Kier alpha value is -2.03. The van der Waals surface area contributed by atoms with E-state index in [1.165, 1.54) is 16.9 Å². The number of aryl methyl sites for hydroxylation is 1. The minimum atomic E-state index is 0.288. The van der Waals surface area contributed by atoms with Crippen LogP contribution in [0.3, 0.4) is 0 Å². The average molecular weight is 239 g/mol. The Kier molecular flexibility index (Phi) is 2.47. The Bertz CT molecular complexity index is 579. The second-order valence-corrected chi connectivity index (χ2v) is 4.75. The lowest BCUT2D eigenvalue weighted by Crippen LogP contribution is -2.36. The van der Waals surface area contributed by atoms with Crippen LogP contribution in [0.4, 0.5) is 17.2 Å². The number of aromatic nitrogens is 1. The fraction of sp³-hybridized carbons (Fsp3) is 0.267. The molecule has 1 aromatic heterocycles. The molecule has 0 unspecified atom stereocenters. The van der Waals surface area contributed by atoms with Crippen LogP contribution in [0.1, 0.15) is 12.5 Å². The smallest absolute Gasteiger partial charge is 0.153 e. The normalized spacial score (nSPS) is 18.1. The van der Waals surface area contributed by atoms with E-state index in [1.54, 1.807) is 0 Å². The quantitative estimate of drug-likeness (QED) is 0.761. The fourth-order valence-electron chi connectivity index (χ4n) is 2.56. The van der Waals surface area contributed by atoms with Crippen LogP contribution in [-0.4, -0.2) is 18.2 Å². The second kappa shape index (κ2) is 4.02. The number of hydrogen-bond acceptors (Lipinski definition) is 3. The number of pyridine rings is 1. The van der Waals surface area contributed by atoms with Gasteiger partial charge in [0.1, 0.15) is 6.17 Å². The lowest BCUT2D eigenvalue weighted by molar-refractivity contribution is 0.728. The maximum atomic E-state index is 4.48. The van der Waals surface area contributed by atoms with Crippen LogP contribution in [0.5, 0.6) is 0 Å². The molecule has 0 amide bonds. The van der Waals surface area contributed by atoms with E-state index < -0.39 is 0 Å². The maximum Gasteiger partial charge on any atom is 0.153 e. The molecule has 92 valence electrons. The van der Waals surface area contributed by atoms with Gasteiger partial charge in [-0.2, -0.15) is 0 Å². The third-order valence-corrected chi connectivity index (χ3v) is 3.67. The van der Waals surface area contributed by atoms with E-state index in [0.29, 0.717) is 0 Å². The van der Waals surface area contributed by atoms with Gasteiger partial charge in [-0.3, -0.25) is 0 Å². The molecule has 1 atom stereocenters. The molecule has 0 spiro atoms. The number of benzene rings is 1. The first-order chi connectivity index (χ1) is 8.70. The summed E-state index contributed by atoms with van der Waals surface area (Å²) in [6, 6.07) is 12.6. The van der Waals surface area contributed by atoms with Gasteiger partial charge in [0.15, 0.2) is 5.82 Å². The molecule has 2 heterocycles. The van der Waals surface area contributed by atoms with Gasteiger partial charge in [0.25, 0.3) is 0 Å². The third kappa shape index (κ3) is 1.47. The zero-order chi connectivity index (χ0) is 12.7. The standard InChI is InChI=1S/C15H17N3/c1-11-7-4-5-8-13(11)18-12(2)17(3)15-14(18)9-6-10-16-15/h4-10,12H,1-3H3/t12-/m1/s1.